The van der Waals surface area contributed by atoms with Gasteiger partial charge in [-0.1, -0.05) is 15.9 Å². The number of rotatable bonds is 2. The number of carbonyl (C=O) groups excluding carboxylic acids is 1. The molecule has 0 bridgehead atoms. The molecule has 1 saturated heterocycles. The van der Waals surface area contributed by atoms with Gasteiger partial charge >= 0.3 is 0 Å². The highest BCUT2D eigenvalue weighted by atomic mass is 79.9. The molecular formula is C13H17BrN2O2. The third kappa shape index (κ3) is 3.46. The maximum Gasteiger partial charge on any atom is 0.255 e. The molecule has 98 valence electrons. The molecule has 2 rings (SSSR count). The second-order valence-corrected chi connectivity index (χ2v) is 5.43. The number of carbonyl (C=O) groups is 1. The molecule has 1 aliphatic heterocycles. The number of phenolic OH excluding ortho intramolecular Hbond substituents is 1. The molecule has 4 nitrogen and oxygen atoms in total. The number of amides is 1. The van der Waals surface area contributed by atoms with Crippen LogP contribution in [0, 0.1) is 0 Å². The quantitative estimate of drug-likeness (QED) is 0.783. The minimum absolute atomic E-state index is 0.0162. The van der Waals surface area contributed by atoms with Gasteiger partial charge in [0, 0.05) is 10.5 Å². The fraction of sp³-hybridized carbons (Fsp3) is 0.462. The van der Waals surface area contributed by atoms with Crippen LogP contribution in [0.25, 0.3) is 0 Å². The first-order chi connectivity index (χ1) is 8.66. The van der Waals surface area contributed by atoms with Crippen LogP contribution in [-0.4, -0.2) is 30.1 Å². The minimum Gasteiger partial charge on any atom is -0.507 e. The molecule has 5 heteroatoms. The first kappa shape index (κ1) is 13.4. The first-order valence-corrected chi connectivity index (χ1v) is 6.96. The zero-order chi connectivity index (χ0) is 13.0. The van der Waals surface area contributed by atoms with Gasteiger partial charge in [-0.15, -0.1) is 0 Å². The number of nitrogens with one attached hydrogen (secondary N) is 2. The number of benzene rings is 1. The van der Waals surface area contributed by atoms with E-state index in [0.717, 1.165) is 36.8 Å². The summed E-state index contributed by atoms with van der Waals surface area (Å²) < 4.78 is 0.785. The summed E-state index contributed by atoms with van der Waals surface area (Å²) in [4.78, 5) is 12.1. The average molecular weight is 313 g/mol. The van der Waals surface area contributed by atoms with Crippen molar-refractivity contribution in [3.63, 3.8) is 0 Å². The predicted molar refractivity (Wildman–Crippen MR) is 73.8 cm³/mol. The molecule has 1 aromatic rings. The van der Waals surface area contributed by atoms with Gasteiger partial charge in [-0.3, -0.25) is 4.79 Å². The zero-order valence-corrected chi connectivity index (χ0v) is 11.7. The van der Waals surface area contributed by atoms with Crippen molar-refractivity contribution in [2.45, 2.75) is 25.3 Å². The van der Waals surface area contributed by atoms with Gasteiger partial charge in [-0.2, -0.15) is 0 Å². The van der Waals surface area contributed by atoms with Gasteiger partial charge in [0.25, 0.3) is 5.91 Å². The van der Waals surface area contributed by atoms with Crippen molar-refractivity contribution in [2.75, 3.05) is 13.1 Å². The van der Waals surface area contributed by atoms with Crippen LogP contribution in [0.1, 0.15) is 29.6 Å². The van der Waals surface area contributed by atoms with Crippen LogP contribution in [-0.2, 0) is 0 Å². The van der Waals surface area contributed by atoms with Gasteiger partial charge in [-0.25, -0.2) is 0 Å². The number of aromatic hydroxyl groups is 1. The lowest BCUT2D eigenvalue weighted by Gasteiger charge is -2.16. The van der Waals surface area contributed by atoms with Gasteiger partial charge < -0.3 is 15.7 Å². The summed E-state index contributed by atoms with van der Waals surface area (Å²) in [6, 6.07) is 5.06. The van der Waals surface area contributed by atoms with Gasteiger partial charge in [0.15, 0.2) is 0 Å². The Morgan fingerprint density at radius 1 is 1.39 bits per heavy atom. The van der Waals surface area contributed by atoms with E-state index < -0.39 is 0 Å². The minimum atomic E-state index is -0.208. The van der Waals surface area contributed by atoms with Crippen LogP contribution in [0.5, 0.6) is 5.75 Å². The number of phenols is 1. The Morgan fingerprint density at radius 3 is 3.06 bits per heavy atom. The van der Waals surface area contributed by atoms with E-state index in [1.54, 1.807) is 12.1 Å². The van der Waals surface area contributed by atoms with Crippen LogP contribution in [0.4, 0.5) is 0 Å². The maximum atomic E-state index is 12.1. The highest BCUT2D eigenvalue weighted by Crippen LogP contribution is 2.22. The molecular weight excluding hydrogens is 296 g/mol. The van der Waals surface area contributed by atoms with E-state index in [4.69, 9.17) is 0 Å². The monoisotopic (exact) mass is 312 g/mol. The van der Waals surface area contributed by atoms with E-state index in [2.05, 4.69) is 26.6 Å². The molecule has 0 spiro atoms. The highest BCUT2D eigenvalue weighted by Gasteiger charge is 2.17. The lowest BCUT2D eigenvalue weighted by Crippen LogP contribution is -2.35. The number of halogens is 1. The molecule has 1 fully saturated rings. The summed E-state index contributed by atoms with van der Waals surface area (Å²) in [7, 11) is 0. The average Bonchev–Trinajstić information content (AvgIpc) is 2.61. The molecule has 0 aromatic heterocycles. The molecule has 1 amide bonds. The fourth-order valence-corrected chi connectivity index (χ4v) is 2.48. The van der Waals surface area contributed by atoms with Crippen molar-refractivity contribution in [1.82, 2.24) is 10.6 Å². The molecule has 1 aliphatic rings. The topological polar surface area (TPSA) is 61.4 Å². The van der Waals surface area contributed by atoms with Crippen LogP contribution in [0.2, 0.25) is 0 Å². The van der Waals surface area contributed by atoms with Crippen molar-refractivity contribution < 1.29 is 9.90 Å². The van der Waals surface area contributed by atoms with Crippen molar-refractivity contribution in [2.24, 2.45) is 0 Å². The molecule has 1 unspecified atom stereocenters. The Kier molecular flexibility index (Phi) is 4.60. The van der Waals surface area contributed by atoms with Crippen LogP contribution >= 0.6 is 15.9 Å². The van der Waals surface area contributed by atoms with Gasteiger partial charge in [0.2, 0.25) is 0 Å². The van der Waals surface area contributed by atoms with Crippen LogP contribution in [0.3, 0.4) is 0 Å². The fourth-order valence-electron chi connectivity index (χ4n) is 2.12. The SMILES string of the molecule is O=C(NC1CCCNCC1)c1cc(Br)ccc1O. The normalized spacial score (nSPS) is 20.2. The molecule has 1 atom stereocenters. The second kappa shape index (κ2) is 6.20. The maximum absolute atomic E-state index is 12.1. The summed E-state index contributed by atoms with van der Waals surface area (Å²) in [6.45, 7) is 1.93. The third-order valence-corrected chi connectivity index (χ3v) is 3.61. The van der Waals surface area contributed by atoms with Gasteiger partial charge in [-0.05, 0) is 50.6 Å². The Morgan fingerprint density at radius 2 is 2.22 bits per heavy atom. The second-order valence-electron chi connectivity index (χ2n) is 4.51. The zero-order valence-electron chi connectivity index (χ0n) is 10.1. The molecule has 0 radical (unpaired) electrons. The Labute approximate surface area is 115 Å². The van der Waals surface area contributed by atoms with E-state index >= 15 is 0 Å². The molecule has 3 N–H and O–H groups in total. The van der Waals surface area contributed by atoms with E-state index in [1.165, 1.54) is 6.07 Å². The highest BCUT2D eigenvalue weighted by molar-refractivity contribution is 9.10. The van der Waals surface area contributed by atoms with E-state index in [9.17, 15) is 9.90 Å². The summed E-state index contributed by atoms with van der Waals surface area (Å²) in [5.74, 6) is -0.192. The van der Waals surface area contributed by atoms with Crippen molar-refractivity contribution >= 4 is 21.8 Å². The summed E-state index contributed by atoms with van der Waals surface area (Å²) in [5, 5.41) is 16.0. The summed E-state index contributed by atoms with van der Waals surface area (Å²) in [5.41, 5.74) is 0.321. The van der Waals surface area contributed by atoms with Crippen molar-refractivity contribution in [3.05, 3.63) is 28.2 Å². The standard InChI is InChI=1S/C13H17BrN2O2/c14-9-3-4-12(17)11(8-9)13(18)16-10-2-1-6-15-7-5-10/h3-4,8,10,15,17H,1-2,5-7H2,(H,16,18). The largest absolute Gasteiger partial charge is 0.507 e. The molecule has 1 heterocycles. The van der Waals surface area contributed by atoms with E-state index in [1.807, 2.05) is 0 Å². The molecule has 1 aromatic carbocycles. The number of hydrogen-bond donors (Lipinski definition) is 3. The summed E-state index contributed by atoms with van der Waals surface area (Å²) in [6.07, 6.45) is 2.98. The van der Waals surface area contributed by atoms with Crippen LogP contribution < -0.4 is 10.6 Å². The van der Waals surface area contributed by atoms with E-state index in [-0.39, 0.29) is 17.7 Å². The van der Waals surface area contributed by atoms with Crippen molar-refractivity contribution in [3.8, 4) is 5.75 Å². The van der Waals surface area contributed by atoms with E-state index in [0.29, 0.717) is 5.56 Å². The lowest BCUT2D eigenvalue weighted by atomic mass is 10.1. The smallest absolute Gasteiger partial charge is 0.255 e. The number of hydrogen-bond acceptors (Lipinski definition) is 3. The van der Waals surface area contributed by atoms with Gasteiger partial charge in [0.1, 0.15) is 5.75 Å². The lowest BCUT2D eigenvalue weighted by molar-refractivity contribution is 0.0931. The third-order valence-electron chi connectivity index (χ3n) is 3.11. The Balaban J connectivity index is 2.04. The van der Waals surface area contributed by atoms with Gasteiger partial charge in [0.05, 0.1) is 5.56 Å². The predicted octanol–water partition coefficient (Wildman–Crippen LogP) is 2.03. The molecule has 0 saturated carbocycles. The van der Waals surface area contributed by atoms with Crippen LogP contribution in [0.15, 0.2) is 22.7 Å². The Bertz CT molecular complexity index is 429. The molecule has 0 aliphatic carbocycles. The summed E-state index contributed by atoms with van der Waals surface area (Å²) >= 11 is 3.30. The molecule has 18 heavy (non-hydrogen) atoms. The Hall–Kier alpha value is -1.07. The van der Waals surface area contributed by atoms with Crippen molar-refractivity contribution in [1.29, 1.82) is 0 Å². The first-order valence-electron chi connectivity index (χ1n) is 6.17.